The first-order valence-electron chi connectivity index (χ1n) is 7.86. The molecule has 0 heterocycles. The van der Waals surface area contributed by atoms with Gasteiger partial charge in [0.1, 0.15) is 0 Å². The number of carboxylic acids is 2. The SMILES string of the molecule is O=C(O)[C@H]1CC(c2ccccc2)=C(c2ccccc2)C[C@H]1C(=O)O. The summed E-state index contributed by atoms with van der Waals surface area (Å²) in [4.78, 5) is 23.2. The van der Waals surface area contributed by atoms with Gasteiger partial charge < -0.3 is 10.2 Å². The van der Waals surface area contributed by atoms with Crippen LogP contribution in [0.15, 0.2) is 60.7 Å². The Balaban J connectivity index is 2.16. The molecule has 0 amide bonds. The van der Waals surface area contributed by atoms with E-state index in [1.807, 2.05) is 60.7 Å². The highest BCUT2D eigenvalue weighted by Crippen LogP contribution is 2.43. The van der Waals surface area contributed by atoms with Crippen molar-refractivity contribution in [3.63, 3.8) is 0 Å². The van der Waals surface area contributed by atoms with Crippen molar-refractivity contribution < 1.29 is 19.8 Å². The van der Waals surface area contributed by atoms with Crippen molar-refractivity contribution in [2.75, 3.05) is 0 Å². The average Bonchev–Trinajstić information content (AvgIpc) is 2.62. The normalized spacial score (nSPS) is 20.7. The van der Waals surface area contributed by atoms with Gasteiger partial charge in [-0.15, -0.1) is 0 Å². The summed E-state index contributed by atoms with van der Waals surface area (Å²) in [5, 5.41) is 19.0. The van der Waals surface area contributed by atoms with E-state index < -0.39 is 23.8 Å². The molecular weight excluding hydrogens is 304 g/mol. The molecule has 2 aromatic carbocycles. The summed E-state index contributed by atoms with van der Waals surface area (Å²) in [6, 6.07) is 19.2. The second-order valence-electron chi connectivity index (χ2n) is 5.99. The maximum Gasteiger partial charge on any atom is 0.307 e. The van der Waals surface area contributed by atoms with Gasteiger partial charge in [0.25, 0.3) is 0 Å². The number of hydrogen-bond donors (Lipinski definition) is 2. The summed E-state index contributed by atoms with van der Waals surface area (Å²) in [5.41, 5.74) is 3.75. The second-order valence-corrected chi connectivity index (χ2v) is 5.99. The Labute approximate surface area is 140 Å². The van der Waals surface area contributed by atoms with Gasteiger partial charge in [0.15, 0.2) is 0 Å². The molecule has 122 valence electrons. The zero-order valence-electron chi connectivity index (χ0n) is 13.1. The molecule has 1 aliphatic carbocycles. The molecule has 0 spiro atoms. The minimum atomic E-state index is -1.05. The number of allylic oxidation sites excluding steroid dienone is 2. The minimum absolute atomic E-state index is 0.223. The van der Waals surface area contributed by atoms with Crippen molar-refractivity contribution in [2.45, 2.75) is 12.8 Å². The van der Waals surface area contributed by atoms with Crippen LogP contribution in [0, 0.1) is 11.8 Å². The molecule has 0 unspecified atom stereocenters. The largest absolute Gasteiger partial charge is 0.481 e. The first-order valence-corrected chi connectivity index (χ1v) is 7.86. The number of rotatable bonds is 4. The molecule has 0 bridgehead atoms. The third-order valence-corrected chi connectivity index (χ3v) is 4.58. The first-order chi connectivity index (χ1) is 11.6. The van der Waals surface area contributed by atoms with Crippen molar-refractivity contribution in [2.24, 2.45) is 11.8 Å². The lowest BCUT2D eigenvalue weighted by Crippen LogP contribution is -2.33. The van der Waals surface area contributed by atoms with Crippen LogP contribution >= 0.6 is 0 Å². The molecule has 0 fully saturated rings. The minimum Gasteiger partial charge on any atom is -0.481 e. The molecule has 3 rings (SSSR count). The summed E-state index contributed by atoms with van der Waals surface area (Å²) >= 11 is 0. The fourth-order valence-electron chi connectivity index (χ4n) is 3.35. The van der Waals surface area contributed by atoms with Crippen LogP contribution in [0.1, 0.15) is 24.0 Å². The van der Waals surface area contributed by atoms with Gasteiger partial charge >= 0.3 is 11.9 Å². The second kappa shape index (κ2) is 6.71. The van der Waals surface area contributed by atoms with Crippen LogP contribution < -0.4 is 0 Å². The number of carbonyl (C=O) groups is 2. The van der Waals surface area contributed by atoms with Gasteiger partial charge in [-0.1, -0.05) is 60.7 Å². The molecule has 2 aromatic rings. The molecule has 0 saturated heterocycles. The van der Waals surface area contributed by atoms with Crippen LogP contribution in [-0.2, 0) is 9.59 Å². The molecule has 1 aliphatic rings. The van der Waals surface area contributed by atoms with E-state index in [1.165, 1.54) is 0 Å². The topological polar surface area (TPSA) is 74.6 Å². The van der Waals surface area contributed by atoms with Crippen molar-refractivity contribution in [3.05, 3.63) is 71.8 Å². The van der Waals surface area contributed by atoms with Gasteiger partial charge in [-0.3, -0.25) is 9.59 Å². The van der Waals surface area contributed by atoms with E-state index in [4.69, 9.17) is 0 Å². The van der Waals surface area contributed by atoms with E-state index in [9.17, 15) is 19.8 Å². The third-order valence-electron chi connectivity index (χ3n) is 4.58. The Morgan fingerprint density at radius 1 is 0.667 bits per heavy atom. The molecule has 4 nitrogen and oxygen atoms in total. The lowest BCUT2D eigenvalue weighted by Gasteiger charge is -2.30. The van der Waals surface area contributed by atoms with Crippen LogP contribution in [0.3, 0.4) is 0 Å². The molecule has 4 heteroatoms. The number of carboxylic acid groups (broad SMARTS) is 2. The van der Waals surface area contributed by atoms with Crippen LogP contribution in [-0.4, -0.2) is 22.2 Å². The maximum absolute atomic E-state index is 11.6. The lowest BCUT2D eigenvalue weighted by molar-refractivity contribution is -0.153. The molecule has 0 aliphatic heterocycles. The van der Waals surface area contributed by atoms with Crippen LogP contribution in [0.2, 0.25) is 0 Å². The van der Waals surface area contributed by atoms with E-state index in [-0.39, 0.29) is 12.8 Å². The molecule has 2 atom stereocenters. The predicted molar refractivity (Wildman–Crippen MR) is 91.2 cm³/mol. The van der Waals surface area contributed by atoms with Gasteiger partial charge in [-0.2, -0.15) is 0 Å². The summed E-state index contributed by atoms with van der Waals surface area (Å²) in [5.74, 6) is -3.93. The zero-order valence-corrected chi connectivity index (χ0v) is 13.1. The van der Waals surface area contributed by atoms with Crippen molar-refractivity contribution >= 4 is 23.1 Å². The van der Waals surface area contributed by atoms with Crippen molar-refractivity contribution in [1.29, 1.82) is 0 Å². The number of aliphatic carboxylic acids is 2. The number of hydrogen-bond acceptors (Lipinski definition) is 2. The van der Waals surface area contributed by atoms with E-state index in [0.717, 1.165) is 22.3 Å². The van der Waals surface area contributed by atoms with E-state index in [0.29, 0.717) is 0 Å². The lowest BCUT2D eigenvalue weighted by atomic mass is 9.72. The highest BCUT2D eigenvalue weighted by molar-refractivity contribution is 5.96. The predicted octanol–water partition coefficient (Wildman–Crippen LogP) is 3.79. The molecule has 0 aromatic heterocycles. The Morgan fingerprint density at radius 3 is 1.29 bits per heavy atom. The van der Waals surface area contributed by atoms with Crippen molar-refractivity contribution in [3.8, 4) is 0 Å². The zero-order chi connectivity index (χ0) is 17.1. The Kier molecular flexibility index (Phi) is 4.47. The van der Waals surface area contributed by atoms with Gasteiger partial charge in [0.2, 0.25) is 0 Å². The fourth-order valence-corrected chi connectivity index (χ4v) is 3.35. The van der Waals surface area contributed by atoms with Crippen LogP contribution in [0.4, 0.5) is 0 Å². The number of benzene rings is 2. The average molecular weight is 322 g/mol. The first kappa shape index (κ1) is 16.0. The Hall–Kier alpha value is -2.88. The van der Waals surface area contributed by atoms with Gasteiger partial charge in [0, 0.05) is 0 Å². The van der Waals surface area contributed by atoms with E-state index >= 15 is 0 Å². The van der Waals surface area contributed by atoms with Gasteiger partial charge in [-0.05, 0) is 35.1 Å². The summed E-state index contributed by atoms with van der Waals surface area (Å²) in [6.07, 6.45) is 0.446. The molecule has 0 radical (unpaired) electrons. The van der Waals surface area contributed by atoms with E-state index in [1.54, 1.807) is 0 Å². The molecule has 0 saturated carbocycles. The standard InChI is InChI=1S/C20H18O4/c21-19(22)17-11-15(13-7-3-1-4-8-13)16(12-18(17)20(23)24)14-9-5-2-6-10-14/h1-10,17-18H,11-12H2,(H,21,22)(H,23,24)/t17-,18+. The highest BCUT2D eigenvalue weighted by atomic mass is 16.4. The van der Waals surface area contributed by atoms with Gasteiger partial charge in [-0.25, -0.2) is 0 Å². The van der Waals surface area contributed by atoms with Crippen LogP contribution in [0.5, 0.6) is 0 Å². The highest BCUT2D eigenvalue weighted by Gasteiger charge is 2.39. The van der Waals surface area contributed by atoms with E-state index in [2.05, 4.69) is 0 Å². The Morgan fingerprint density at radius 2 is 1.00 bits per heavy atom. The van der Waals surface area contributed by atoms with Crippen molar-refractivity contribution in [1.82, 2.24) is 0 Å². The Bertz CT molecular complexity index is 710. The summed E-state index contributed by atoms with van der Waals surface area (Å²) < 4.78 is 0. The molecule has 2 N–H and O–H groups in total. The quantitative estimate of drug-likeness (QED) is 0.898. The fraction of sp³-hybridized carbons (Fsp3) is 0.200. The smallest absolute Gasteiger partial charge is 0.307 e. The monoisotopic (exact) mass is 322 g/mol. The van der Waals surface area contributed by atoms with Gasteiger partial charge in [0.05, 0.1) is 11.8 Å². The summed E-state index contributed by atoms with van der Waals surface area (Å²) in [6.45, 7) is 0. The maximum atomic E-state index is 11.6. The van der Waals surface area contributed by atoms with Crippen LogP contribution in [0.25, 0.3) is 11.1 Å². The molecular formula is C20H18O4. The summed E-state index contributed by atoms with van der Waals surface area (Å²) in [7, 11) is 0. The molecule has 24 heavy (non-hydrogen) atoms. The third kappa shape index (κ3) is 3.08.